The number of fused-ring (bicyclic) bond motifs is 2. The molecular formula is C51H46Cl4O9. The van der Waals surface area contributed by atoms with Gasteiger partial charge in [-0.25, -0.2) is 0 Å². The van der Waals surface area contributed by atoms with E-state index in [1.54, 1.807) is 86.0 Å². The molecule has 1 aliphatic heterocycles. The van der Waals surface area contributed by atoms with Crippen LogP contribution >= 0.6 is 46.4 Å². The van der Waals surface area contributed by atoms with E-state index < -0.39 is 0 Å². The second-order valence-corrected chi connectivity index (χ2v) is 14.7. The first-order valence-corrected chi connectivity index (χ1v) is 21.7. The first-order valence-electron chi connectivity index (χ1n) is 19.7. The van der Waals surface area contributed by atoms with E-state index in [0.717, 1.165) is 29.0 Å². The molecule has 332 valence electrons. The zero-order chi connectivity index (χ0) is 46.9. The van der Waals surface area contributed by atoms with E-state index >= 15 is 0 Å². The number of alkyl halides is 3. The lowest BCUT2D eigenvalue weighted by Crippen LogP contribution is -2.14. The lowest BCUT2D eigenvalue weighted by Gasteiger charge is -2.14. The Bertz CT molecular complexity index is 2450. The summed E-state index contributed by atoms with van der Waals surface area (Å²) in [6.07, 6.45) is 2.16. The highest BCUT2D eigenvalue weighted by molar-refractivity contribution is 6.32. The lowest BCUT2D eigenvalue weighted by atomic mass is 10.1. The molecule has 0 atom stereocenters. The Hall–Kier alpha value is -6.10. The van der Waals surface area contributed by atoms with Crippen molar-refractivity contribution in [2.24, 2.45) is 0 Å². The van der Waals surface area contributed by atoms with E-state index in [-0.39, 0.29) is 52.3 Å². The number of benzene rings is 6. The van der Waals surface area contributed by atoms with Gasteiger partial charge >= 0.3 is 0 Å². The number of aryl methyl sites for hydroxylation is 1. The number of aromatic hydroxyl groups is 1. The van der Waals surface area contributed by atoms with Crippen LogP contribution in [0, 0.1) is 0 Å². The van der Waals surface area contributed by atoms with E-state index in [1.165, 1.54) is 24.6 Å². The highest BCUT2D eigenvalue weighted by atomic mass is 35.5. The number of ether oxygens (including phenoxy) is 2. The van der Waals surface area contributed by atoms with Crippen molar-refractivity contribution < 1.29 is 43.3 Å². The van der Waals surface area contributed by atoms with Gasteiger partial charge in [-0.2, -0.15) is 0 Å². The predicted molar refractivity (Wildman–Crippen MR) is 254 cm³/mol. The van der Waals surface area contributed by atoms with Crippen molar-refractivity contribution in [1.29, 1.82) is 0 Å². The van der Waals surface area contributed by atoms with E-state index in [9.17, 15) is 28.8 Å². The third-order valence-electron chi connectivity index (χ3n) is 9.00. The molecule has 6 aromatic rings. The van der Waals surface area contributed by atoms with Gasteiger partial charge in [-0.05, 0) is 91.7 Å². The number of phenols is 1. The van der Waals surface area contributed by atoms with Crippen LogP contribution in [-0.4, -0.2) is 71.2 Å². The monoisotopic (exact) mass is 942 g/mol. The number of carbonyl (C=O) groups is 6. The van der Waals surface area contributed by atoms with Crippen molar-refractivity contribution in [3.05, 3.63) is 196 Å². The minimum atomic E-state index is -0.0802. The van der Waals surface area contributed by atoms with Crippen LogP contribution < -0.4 is 9.47 Å². The minimum absolute atomic E-state index is 0.0155. The van der Waals surface area contributed by atoms with Crippen LogP contribution in [0.4, 0.5) is 0 Å². The average Bonchev–Trinajstić information content (AvgIpc) is 3.72. The van der Waals surface area contributed by atoms with Crippen LogP contribution in [-0.2, 0) is 6.42 Å². The Labute approximate surface area is 392 Å². The number of Topliss-reactive ketones (excluding diaryl/α,β-unsaturated/α-hetero) is 6. The second kappa shape index (κ2) is 28.6. The van der Waals surface area contributed by atoms with Crippen LogP contribution in [0.15, 0.2) is 152 Å². The summed E-state index contributed by atoms with van der Waals surface area (Å²) >= 11 is 21.7. The summed E-state index contributed by atoms with van der Waals surface area (Å²) in [5.74, 6) is 1.97. The van der Waals surface area contributed by atoms with E-state index in [1.807, 2.05) is 60.7 Å². The summed E-state index contributed by atoms with van der Waals surface area (Å²) in [6.45, 7) is 1.99. The molecule has 0 aromatic heterocycles. The van der Waals surface area contributed by atoms with Crippen molar-refractivity contribution in [3.63, 3.8) is 0 Å². The summed E-state index contributed by atoms with van der Waals surface area (Å²) in [6, 6.07) is 44.0. The summed E-state index contributed by atoms with van der Waals surface area (Å²) in [7, 11) is 1.58. The molecule has 6 aromatic carbocycles. The first-order chi connectivity index (χ1) is 30.8. The number of hydrogen-bond donors (Lipinski definition) is 1. The van der Waals surface area contributed by atoms with E-state index in [4.69, 9.17) is 61.0 Å². The van der Waals surface area contributed by atoms with Crippen molar-refractivity contribution >= 4 is 81.1 Å². The molecule has 0 radical (unpaired) electrons. The van der Waals surface area contributed by atoms with Gasteiger partial charge in [-0.15, -0.1) is 34.8 Å². The molecule has 9 nitrogen and oxygen atoms in total. The molecule has 0 saturated heterocycles. The van der Waals surface area contributed by atoms with Gasteiger partial charge in [0.25, 0.3) is 0 Å². The number of para-hydroxylation sites is 1. The third-order valence-corrected chi connectivity index (χ3v) is 9.98. The van der Waals surface area contributed by atoms with Crippen molar-refractivity contribution in [3.8, 4) is 17.2 Å². The normalized spacial score (nSPS) is 11.4. The van der Waals surface area contributed by atoms with Gasteiger partial charge in [0.05, 0.1) is 36.9 Å². The number of carbonyl (C=O) groups excluding carboxylic acids is 6. The van der Waals surface area contributed by atoms with Crippen LogP contribution in [0.25, 0.3) is 0 Å². The second-order valence-electron chi connectivity index (χ2n) is 13.5. The quantitative estimate of drug-likeness (QED) is 0.117. The highest BCUT2D eigenvalue weighted by Crippen LogP contribution is 2.23. The molecule has 0 spiro atoms. The smallest absolute Gasteiger partial charge is 0.177 e. The molecule has 0 saturated carbocycles. The summed E-state index contributed by atoms with van der Waals surface area (Å²) in [4.78, 5) is 65.8. The molecule has 0 fully saturated rings. The highest BCUT2D eigenvalue weighted by Gasteiger charge is 2.18. The van der Waals surface area contributed by atoms with Gasteiger partial charge in [0.1, 0.15) is 17.2 Å². The van der Waals surface area contributed by atoms with Crippen LogP contribution in [0.1, 0.15) is 87.5 Å². The molecule has 0 amide bonds. The third kappa shape index (κ3) is 17.9. The fourth-order valence-corrected chi connectivity index (χ4v) is 6.19. The Kier molecular flexibility index (Phi) is 23.3. The number of halogens is 4. The van der Waals surface area contributed by atoms with Crippen LogP contribution in [0.5, 0.6) is 17.2 Å². The molecular weight excluding hydrogens is 898 g/mol. The standard InChI is InChI=1S/C9H9ClO2.C9H8O2.C9H8O.C8H6Cl2O.C8H7ClO.C8H8O2/c1-12-8-4-2-7(3-5-8)9(11)6-10;10-8-5-6-11-9-4-2-1-3-7(8)9;10-9-6-5-7-3-1-2-4-8(7)9;9-5-8(11)6-1-3-7(10)4-2-6;9-6-8(10)7-4-2-1-3-5-7;1-6(9)7-3-2-4-8(10)5-7/h2-5H,6H2,1H3;1-4H,5-6H2;1-4H,5-6H2;1-4H,5H2;1-5H,6H2;2-5,10H,1H3. The largest absolute Gasteiger partial charge is 0.508 e. The molecule has 1 aliphatic carbocycles. The Balaban J connectivity index is 0.000000204. The molecule has 1 heterocycles. The Morgan fingerprint density at radius 3 is 1.55 bits per heavy atom. The maximum absolute atomic E-state index is 11.2. The molecule has 2 aliphatic rings. The maximum atomic E-state index is 11.2. The summed E-state index contributed by atoms with van der Waals surface area (Å²) in [5, 5.41) is 9.53. The van der Waals surface area contributed by atoms with Crippen molar-refractivity contribution in [2.75, 3.05) is 31.4 Å². The first kappa shape index (κ1) is 52.2. The van der Waals surface area contributed by atoms with E-state index in [2.05, 4.69) is 0 Å². The van der Waals surface area contributed by atoms with Gasteiger partial charge in [0.15, 0.2) is 34.7 Å². The average molecular weight is 945 g/mol. The fraction of sp³-hybridized carbons (Fsp3) is 0.176. The number of ketones is 6. The Morgan fingerprint density at radius 2 is 1.05 bits per heavy atom. The van der Waals surface area contributed by atoms with Gasteiger partial charge < -0.3 is 14.6 Å². The van der Waals surface area contributed by atoms with Gasteiger partial charge in [0, 0.05) is 45.7 Å². The molecule has 0 unspecified atom stereocenters. The zero-order valence-electron chi connectivity index (χ0n) is 35.1. The van der Waals surface area contributed by atoms with Gasteiger partial charge in [-0.3, -0.25) is 28.8 Å². The summed E-state index contributed by atoms with van der Waals surface area (Å²) in [5.41, 5.74) is 5.31. The minimum Gasteiger partial charge on any atom is -0.508 e. The van der Waals surface area contributed by atoms with Gasteiger partial charge in [-0.1, -0.05) is 90.5 Å². The number of methoxy groups -OCH3 is 1. The maximum Gasteiger partial charge on any atom is 0.177 e. The topological polar surface area (TPSA) is 141 Å². The zero-order valence-corrected chi connectivity index (χ0v) is 38.1. The van der Waals surface area contributed by atoms with Crippen LogP contribution in [0.3, 0.4) is 0 Å². The summed E-state index contributed by atoms with van der Waals surface area (Å²) < 4.78 is 10.2. The van der Waals surface area contributed by atoms with Crippen LogP contribution in [0.2, 0.25) is 5.02 Å². The number of phenolic OH excluding ortho intramolecular Hbond substituents is 1. The molecule has 13 heteroatoms. The SMILES string of the molecule is CC(=O)c1cccc(O)c1.COc1ccc(C(=O)CCl)cc1.O=C(CCl)c1ccc(Cl)cc1.O=C(CCl)c1ccccc1.O=C1CCOc2ccccc21.O=C1CCc2ccccc21. The lowest BCUT2D eigenvalue weighted by molar-refractivity contribution is 0.0930. The van der Waals surface area contributed by atoms with E-state index in [0.29, 0.717) is 52.5 Å². The fourth-order valence-electron chi connectivity index (χ4n) is 5.60. The Morgan fingerprint density at radius 1 is 0.562 bits per heavy atom. The molecule has 0 bridgehead atoms. The molecule has 1 N–H and O–H groups in total. The predicted octanol–water partition coefficient (Wildman–Crippen LogP) is 12.0. The molecule has 64 heavy (non-hydrogen) atoms. The molecule has 8 rings (SSSR count). The van der Waals surface area contributed by atoms with Crippen molar-refractivity contribution in [1.82, 2.24) is 0 Å². The van der Waals surface area contributed by atoms with Crippen molar-refractivity contribution in [2.45, 2.75) is 26.2 Å². The van der Waals surface area contributed by atoms with Gasteiger partial charge in [0.2, 0.25) is 0 Å². The number of hydrogen-bond acceptors (Lipinski definition) is 9. The number of rotatable bonds is 8.